The van der Waals surface area contributed by atoms with Gasteiger partial charge in [-0.1, -0.05) is 36.4 Å². The lowest BCUT2D eigenvalue weighted by Gasteiger charge is -2.01. The first-order valence-electron chi connectivity index (χ1n) is 5.26. The first-order chi connectivity index (χ1) is 7.84. The van der Waals surface area contributed by atoms with Crippen molar-refractivity contribution < 1.29 is 0 Å². The van der Waals surface area contributed by atoms with Crippen LogP contribution in [-0.4, -0.2) is 4.37 Å². The third kappa shape index (κ3) is 1.51. The summed E-state index contributed by atoms with van der Waals surface area (Å²) < 4.78 is 4.39. The topological polar surface area (TPSA) is 12.9 Å². The molecule has 0 aliphatic carbocycles. The molecule has 1 aromatic heterocycles. The van der Waals surface area contributed by atoms with Crippen LogP contribution < -0.4 is 0 Å². The molecule has 16 heavy (non-hydrogen) atoms. The van der Waals surface area contributed by atoms with E-state index in [2.05, 4.69) is 53.8 Å². The van der Waals surface area contributed by atoms with E-state index in [4.69, 9.17) is 0 Å². The lowest BCUT2D eigenvalue weighted by Crippen LogP contribution is -1.77. The zero-order chi connectivity index (χ0) is 11.0. The van der Waals surface area contributed by atoms with Gasteiger partial charge in [-0.05, 0) is 41.7 Å². The monoisotopic (exact) mass is 225 g/mol. The molecule has 1 heterocycles. The third-order valence-corrected chi connectivity index (χ3v) is 3.55. The van der Waals surface area contributed by atoms with Gasteiger partial charge in [0.25, 0.3) is 0 Å². The van der Waals surface area contributed by atoms with Crippen molar-refractivity contribution >= 4 is 22.4 Å². The number of hydrogen-bond donors (Lipinski definition) is 0. The number of benzene rings is 2. The maximum atomic E-state index is 4.39. The van der Waals surface area contributed by atoms with E-state index in [1.807, 2.05) is 6.07 Å². The van der Waals surface area contributed by atoms with Crippen molar-refractivity contribution in [2.75, 3.05) is 0 Å². The number of fused-ring (bicyclic) bond motifs is 1. The molecule has 0 atom stereocenters. The Morgan fingerprint density at radius 1 is 0.938 bits per heavy atom. The molecule has 1 nitrogen and oxygen atoms in total. The predicted octanol–water partition coefficient (Wildman–Crippen LogP) is 4.27. The summed E-state index contributed by atoms with van der Waals surface area (Å²) in [6.07, 6.45) is 0. The van der Waals surface area contributed by atoms with Crippen LogP contribution in [0.15, 0.2) is 48.5 Å². The van der Waals surface area contributed by atoms with Crippen molar-refractivity contribution in [3.05, 3.63) is 53.4 Å². The van der Waals surface area contributed by atoms with Crippen molar-refractivity contribution in [3.8, 4) is 11.1 Å². The van der Waals surface area contributed by atoms with Crippen LogP contribution in [0.4, 0.5) is 0 Å². The molecule has 0 N–H and O–H groups in total. The fraction of sp³-hybridized carbons (Fsp3) is 0.0714. The smallest absolute Gasteiger partial charge is 0.0843 e. The molecule has 2 aromatic carbocycles. The number of rotatable bonds is 1. The van der Waals surface area contributed by atoms with Gasteiger partial charge < -0.3 is 0 Å². The minimum atomic E-state index is 1.10. The summed E-state index contributed by atoms with van der Waals surface area (Å²) in [6, 6.07) is 16.9. The number of hydrogen-bond acceptors (Lipinski definition) is 2. The van der Waals surface area contributed by atoms with E-state index in [0.29, 0.717) is 0 Å². The van der Waals surface area contributed by atoms with Gasteiger partial charge in [-0.3, -0.25) is 0 Å². The van der Waals surface area contributed by atoms with Crippen LogP contribution in [0.2, 0.25) is 0 Å². The Kier molecular flexibility index (Phi) is 2.22. The van der Waals surface area contributed by atoms with Gasteiger partial charge in [-0.2, -0.15) is 4.37 Å². The van der Waals surface area contributed by atoms with E-state index < -0.39 is 0 Å². The summed E-state index contributed by atoms with van der Waals surface area (Å²) in [7, 11) is 0. The van der Waals surface area contributed by atoms with Crippen LogP contribution in [0.1, 0.15) is 4.88 Å². The SMILES string of the molecule is Cc1snc2ccc(-c3ccccc3)cc12. The standard InChI is InChI=1S/C14H11NS/c1-10-13-9-12(7-8-14(13)15-16-10)11-5-3-2-4-6-11/h2-9H,1H3. The second kappa shape index (κ2) is 3.72. The minimum absolute atomic E-state index is 1.10. The normalized spacial score (nSPS) is 10.8. The molecule has 78 valence electrons. The Balaban J connectivity index is 2.22. The van der Waals surface area contributed by atoms with Crippen LogP contribution >= 0.6 is 11.5 Å². The zero-order valence-corrected chi connectivity index (χ0v) is 9.79. The van der Waals surface area contributed by atoms with Gasteiger partial charge in [0.05, 0.1) is 5.52 Å². The van der Waals surface area contributed by atoms with E-state index in [-0.39, 0.29) is 0 Å². The number of nitrogens with zero attached hydrogens (tertiary/aromatic N) is 1. The highest BCUT2D eigenvalue weighted by Gasteiger charge is 2.03. The highest BCUT2D eigenvalue weighted by Crippen LogP contribution is 2.27. The first-order valence-corrected chi connectivity index (χ1v) is 6.03. The average Bonchev–Trinajstić information content (AvgIpc) is 2.72. The average molecular weight is 225 g/mol. The molecular weight excluding hydrogens is 214 g/mol. The molecule has 0 spiro atoms. The summed E-state index contributed by atoms with van der Waals surface area (Å²) >= 11 is 1.57. The molecule has 0 saturated heterocycles. The molecule has 0 amide bonds. The first kappa shape index (κ1) is 9.55. The Bertz CT molecular complexity index is 626. The van der Waals surface area contributed by atoms with Crippen molar-refractivity contribution in [1.82, 2.24) is 4.37 Å². The minimum Gasteiger partial charge on any atom is -0.192 e. The molecule has 3 rings (SSSR count). The summed E-state index contributed by atoms with van der Waals surface area (Å²) in [5, 5.41) is 1.27. The van der Waals surface area contributed by atoms with Crippen molar-refractivity contribution in [1.29, 1.82) is 0 Å². The fourth-order valence-electron chi connectivity index (χ4n) is 1.87. The second-order valence-electron chi connectivity index (χ2n) is 3.84. The Morgan fingerprint density at radius 2 is 1.75 bits per heavy atom. The molecule has 2 heteroatoms. The van der Waals surface area contributed by atoms with Gasteiger partial charge >= 0.3 is 0 Å². The van der Waals surface area contributed by atoms with E-state index in [9.17, 15) is 0 Å². The Morgan fingerprint density at radius 3 is 2.56 bits per heavy atom. The van der Waals surface area contributed by atoms with Crippen molar-refractivity contribution in [2.45, 2.75) is 6.92 Å². The maximum Gasteiger partial charge on any atom is 0.0843 e. The molecule has 0 radical (unpaired) electrons. The van der Waals surface area contributed by atoms with E-state index in [1.54, 1.807) is 11.5 Å². The molecule has 0 bridgehead atoms. The number of aryl methyl sites for hydroxylation is 1. The Hall–Kier alpha value is -1.67. The van der Waals surface area contributed by atoms with Crippen molar-refractivity contribution in [2.24, 2.45) is 0 Å². The lowest BCUT2D eigenvalue weighted by molar-refractivity contribution is 1.61. The van der Waals surface area contributed by atoms with Crippen LogP contribution in [0.25, 0.3) is 22.0 Å². The molecule has 0 saturated carbocycles. The van der Waals surface area contributed by atoms with E-state index >= 15 is 0 Å². The van der Waals surface area contributed by atoms with Gasteiger partial charge in [-0.25, -0.2) is 0 Å². The van der Waals surface area contributed by atoms with Gasteiger partial charge in [0.2, 0.25) is 0 Å². The molecule has 0 aliphatic rings. The molecular formula is C14H11NS. The summed E-state index contributed by atoms with van der Waals surface area (Å²) in [6.45, 7) is 2.12. The van der Waals surface area contributed by atoms with Crippen LogP contribution in [0, 0.1) is 6.92 Å². The molecule has 0 aliphatic heterocycles. The highest BCUT2D eigenvalue weighted by atomic mass is 32.1. The van der Waals surface area contributed by atoms with Crippen LogP contribution in [-0.2, 0) is 0 Å². The quantitative estimate of drug-likeness (QED) is 0.602. The van der Waals surface area contributed by atoms with E-state index in [0.717, 1.165) is 5.52 Å². The predicted molar refractivity (Wildman–Crippen MR) is 69.8 cm³/mol. The van der Waals surface area contributed by atoms with E-state index in [1.165, 1.54) is 21.4 Å². The molecule has 0 fully saturated rings. The lowest BCUT2D eigenvalue weighted by atomic mass is 10.0. The molecule has 3 aromatic rings. The highest BCUT2D eigenvalue weighted by molar-refractivity contribution is 7.07. The fourth-order valence-corrected chi connectivity index (χ4v) is 2.53. The summed E-state index contributed by atoms with van der Waals surface area (Å²) in [5.41, 5.74) is 3.62. The van der Waals surface area contributed by atoms with Gasteiger partial charge in [0.1, 0.15) is 0 Å². The van der Waals surface area contributed by atoms with Crippen LogP contribution in [0.5, 0.6) is 0 Å². The summed E-state index contributed by atoms with van der Waals surface area (Å²) in [4.78, 5) is 1.28. The summed E-state index contributed by atoms with van der Waals surface area (Å²) in [5.74, 6) is 0. The van der Waals surface area contributed by atoms with Gasteiger partial charge in [-0.15, -0.1) is 0 Å². The maximum absolute atomic E-state index is 4.39. The Labute approximate surface area is 98.5 Å². The largest absolute Gasteiger partial charge is 0.192 e. The zero-order valence-electron chi connectivity index (χ0n) is 8.97. The number of aromatic nitrogens is 1. The van der Waals surface area contributed by atoms with Gasteiger partial charge in [0, 0.05) is 10.3 Å². The third-order valence-electron chi connectivity index (χ3n) is 2.76. The van der Waals surface area contributed by atoms with Gasteiger partial charge in [0.15, 0.2) is 0 Å². The van der Waals surface area contributed by atoms with Crippen molar-refractivity contribution in [3.63, 3.8) is 0 Å². The second-order valence-corrected chi connectivity index (χ2v) is 4.81. The van der Waals surface area contributed by atoms with Crippen LogP contribution in [0.3, 0.4) is 0 Å². The molecule has 0 unspecified atom stereocenters.